The van der Waals surface area contributed by atoms with Gasteiger partial charge in [0.2, 0.25) is 0 Å². The second-order valence-corrected chi connectivity index (χ2v) is 6.19. The molecule has 0 radical (unpaired) electrons. The predicted octanol–water partition coefficient (Wildman–Crippen LogP) is 2.67. The number of carbonyl (C=O) groups is 2. The number of rotatable bonds is 7. The maximum Gasteiger partial charge on any atom is 0.322 e. The Balaban J connectivity index is 2.69. The molecule has 1 heterocycles. The van der Waals surface area contributed by atoms with Gasteiger partial charge in [0, 0.05) is 19.7 Å². The number of nitrogens with one attached hydrogen (secondary N) is 1. The molecule has 1 aromatic rings. The average molecular weight is 310 g/mol. The number of nitrogens with zero attached hydrogens (tertiary/aromatic N) is 3. The lowest BCUT2D eigenvalue weighted by atomic mass is 10.1. The summed E-state index contributed by atoms with van der Waals surface area (Å²) in [6.07, 6.45) is 2.60. The Labute approximate surface area is 131 Å². The van der Waals surface area contributed by atoms with E-state index in [0.717, 1.165) is 6.42 Å². The Morgan fingerprint density at radius 1 is 1.36 bits per heavy atom. The molecule has 1 aromatic heterocycles. The molecule has 0 bridgehead atoms. The van der Waals surface area contributed by atoms with E-state index in [1.807, 2.05) is 0 Å². The zero-order chi connectivity index (χ0) is 16.9. The van der Waals surface area contributed by atoms with Crippen LogP contribution in [0.4, 0.5) is 10.6 Å². The predicted molar refractivity (Wildman–Crippen MR) is 84.8 cm³/mol. The number of carbonyl (C=O) groups excluding carboxylic acids is 1. The first kappa shape index (κ1) is 18.0. The van der Waals surface area contributed by atoms with Gasteiger partial charge in [-0.3, -0.25) is 10.1 Å². The number of aromatic nitrogens is 2. The molecular weight excluding hydrogens is 284 g/mol. The van der Waals surface area contributed by atoms with Gasteiger partial charge < -0.3 is 10.0 Å². The van der Waals surface area contributed by atoms with Crippen molar-refractivity contribution in [2.45, 2.75) is 40.2 Å². The molecule has 2 unspecified atom stereocenters. The van der Waals surface area contributed by atoms with Gasteiger partial charge in [0.05, 0.1) is 18.2 Å². The van der Waals surface area contributed by atoms with Crippen LogP contribution in [0, 0.1) is 11.8 Å². The van der Waals surface area contributed by atoms with Crippen LogP contribution in [0.5, 0.6) is 0 Å². The summed E-state index contributed by atoms with van der Waals surface area (Å²) < 4.78 is 1.78. The standard InChI is InChI=1S/C15H26N4O3/c1-10(2)8-12(4)19-13(6-7-16-19)17-15(22)18(5)9-11(3)14(20)21/h6-7,10-12H,8-9H2,1-5H3,(H,17,22)(H,20,21). The van der Waals surface area contributed by atoms with Crippen molar-refractivity contribution >= 4 is 17.8 Å². The molecule has 0 aliphatic heterocycles. The van der Waals surface area contributed by atoms with E-state index >= 15 is 0 Å². The summed E-state index contributed by atoms with van der Waals surface area (Å²) in [6.45, 7) is 8.05. The number of hydrogen-bond donors (Lipinski definition) is 2. The van der Waals surface area contributed by atoms with Crippen LogP contribution in [0.2, 0.25) is 0 Å². The molecule has 0 saturated carbocycles. The van der Waals surface area contributed by atoms with Crippen LogP contribution in [-0.4, -0.2) is 45.4 Å². The van der Waals surface area contributed by atoms with Crippen molar-refractivity contribution in [2.75, 3.05) is 18.9 Å². The summed E-state index contributed by atoms with van der Waals surface area (Å²) in [5, 5.41) is 15.9. The van der Waals surface area contributed by atoms with Crippen LogP contribution in [0.3, 0.4) is 0 Å². The van der Waals surface area contributed by atoms with E-state index in [0.29, 0.717) is 11.7 Å². The molecule has 2 amide bonds. The molecule has 0 fully saturated rings. The molecule has 7 nitrogen and oxygen atoms in total. The zero-order valence-corrected chi connectivity index (χ0v) is 13.9. The highest BCUT2D eigenvalue weighted by molar-refractivity contribution is 5.88. The van der Waals surface area contributed by atoms with E-state index in [1.54, 1.807) is 30.9 Å². The minimum Gasteiger partial charge on any atom is -0.481 e. The molecule has 0 saturated heterocycles. The Bertz CT molecular complexity index is 513. The molecule has 0 aromatic carbocycles. The van der Waals surface area contributed by atoms with Gasteiger partial charge in [0.1, 0.15) is 5.82 Å². The van der Waals surface area contributed by atoms with Crippen LogP contribution >= 0.6 is 0 Å². The first-order valence-corrected chi connectivity index (χ1v) is 7.50. The highest BCUT2D eigenvalue weighted by Crippen LogP contribution is 2.20. The average Bonchev–Trinajstić information content (AvgIpc) is 2.85. The third-order valence-electron chi connectivity index (χ3n) is 3.45. The quantitative estimate of drug-likeness (QED) is 0.810. The van der Waals surface area contributed by atoms with E-state index < -0.39 is 11.9 Å². The van der Waals surface area contributed by atoms with Crippen molar-refractivity contribution in [3.8, 4) is 0 Å². The van der Waals surface area contributed by atoms with Gasteiger partial charge >= 0.3 is 12.0 Å². The minimum atomic E-state index is -0.921. The summed E-state index contributed by atoms with van der Waals surface area (Å²) in [7, 11) is 1.58. The van der Waals surface area contributed by atoms with E-state index in [9.17, 15) is 9.59 Å². The molecule has 22 heavy (non-hydrogen) atoms. The molecule has 124 valence electrons. The molecular formula is C15H26N4O3. The van der Waals surface area contributed by atoms with Crippen molar-refractivity contribution in [1.29, 1.82) is 0 Å². The van der Waals surface area contributed by atoms with Crippen molar-refractivity contribution in [3.05, 3.63) is 12.3 Å². The second-order valence-electron chi connectivity index (χ2n) is 6.19. The summed E-state index contributed by atoms with van der Waals surface area (Å²) >= 11 is 0. The summed E-state index contributed by atoms with van der Waals surface area (Å²) in [5.74, 6) is -0.384. The van der Waals surface area contributed by atoms with Gasteiger partial charge in [0.25, 0.3) is 0 Å². The zero-order valence-electron chi connectivity index (χ0n) is 13.9. The van der Waals surface area contributed by atoms with Crippen LogP contribution in [0.25, 0.3) is 0 Å². The van der Waals surface area contributed by atoms with Crippen LogP contribution in [-0.2, 0) is 4.79 Å². The van der Waals surface area contributed by atoms with Gasteiger partial charge in [0.15, 0.2) is 0 Å². The fourth-order valence-corrected chi connectivity index (χ4v) is 2.32. The number of amides is 2. The number of carboxylic acids is 1. The Hall–Kier alpha value is -2.05. The fourth-order valence-electron chi connectivity index (χ4n) is 2.32. The smallest absolute Gasteiger partial charge is 0.322 e. The van der Waals surface area contributed by atoms with Crippen LogP contribution in [0.15, 0.2) is 12.3 Å². The highest BCUT2D eigenvalue weighted by Gasteiger charge is 2.19. The van der Waals surface area contributed by atoms with Gasteiger partial charge in [-0.15, -0.1) is 0 Å². The third kappa shape index (κ3) is 5.05. The molecule has 0 spiro atoms. The maximum atomic E-state index is 12.1. The molecule has 0 aliphatic carbocycles. The van der Waals surface area contributed by atoms with Crippen molar-refractivity contribution in [1.82, 2.24) is 14.7 Å². The number of aliphatic carboxylic acids is 1. The van der Waals surface area contributed by atoms with E-state index in [4.69, 9.17) is 5.11 Å². The summed E-state index contributed by atoms with van der Waals surface area (Å²) in [6, 6.07) is 1.57. The molecule has 2 N–H and O–H groups in total. The third-order valence-corrected chi connectivity index (χ3v) is 3.45. The molecule has 1 rings (SSSR count). The number of urea groups is 1. The van der Waals surface area contributed by atoms with Crippen molar-refractivity contribution in [2.24, 2.45) is 11.8 Å². The van der Waals surface area contributed by atoms with E-state index in [2.05, 4.69) is 31.2 Å². The van der Waals surface area contributed by atoms with Gasteiger partial charge in [-0.25, -0.2) is 9.48 Å². The SMILES string of the molecule is CC(C)CC(C)n1nccc1NC(=O)N(C)CC(C)C(=O)O. The first-order valence-electron chi connectivity index (χ1n) is 7.50. The Morgan fingerprint density at radius 2 is 2.00 bits per heavy atom. The van der Waals surface area contributed by atoms with E-state index in [1.165, 1.54) is 4.90 Å². The first-order chi connectivity index (χ1) is 10.2. The van der Waals surface area contributed by atoms with Gasteiger partial charge in [-0.1, -0.05) is 20.8 Å². The summed E-state index contributed by atoms with van der Waals surface area (Å²) in [5.41, 5.74) is 0. The lowest BCUT2D eigenvalue weighted by Gasteiger charge is -2.22. The number of anilines is 1. The Kier molecular flexibility index (Phi) is 6.39. The Morgan fingerprint density at radius 3 is 2.55 bits per heavy atom. The lowest BCUT2D eigenvalue weighted by molar-refractivity contribution is -0.141. The van der Waals surface area contributed by atoms with Crippen molar-refractivity contribution < 1.29 is 14.7 Å². The largest absolute Gasteiger partial charge is 0.481 e. The van der Waals surface area contributed by atoms with Crippen molar-refractivity contribution in [3.63, 3.8) is 0 Å². The number of carboxylic acid groups (broad SMARTS) is 1. The minimum absolute atomic E-state index is 0.150. The summed E-state index contributed by atoms with van der Waals surface area (Å²) in [4.78, 5) is 24.4. The highest BCUT2D eigenvalue weighted by atomic mass is 16.4. The fraction of sp³-hybridized carbons (Fsp3) is 0.667. The molecule has 7 heteroatoms. The molecule has 0 aliphatic rings. The second kappa shape index (κ2) is 7.82. The van der Waals surface area contributed by atoms with Crippen LogP contribution < -0.4 is 5.32 Å². The van der Waals surface area contributed by atoms with Gasteiger partial charge in [-0.05, 0) is 19.3 Å². The monoisotopic (exact) mass is 310 g/mol. The lowest BCUT2D eigenvalue weighted by Crippen LogP contribution is -2.37. The van der Waals surface area contributed by atoms with Gasteiger partial charge in [-0.2, -0.15) is 5.10 Å². The topological polar surface area (TPSA) is 87.5 Å². The maximum absolute atomic E-state index is 12.1. The van der Waals surface area contributed by atoms with E-state index in [-0.39, 0.29) is 18.6 Å². The number of hydrogen-bond acceptors (Lipinski definition) is 3. The molecule has 2 atom stereocenters. The van der Waals surface area contributed by atoms with Crippen LogP contribution in [0.1, 0.15) is 40.2 Å². The normalized spacial score (nSPS) is 13.7.